The third-order valence-corrected chi connectivity index (χ3v) is 21.7. The number of esters is 2. The van der Waals surface area contributed by atoms with E-state index < -0.39 is 96.2 Å². The summed E-state index contributed by atoms with van der Waals surface area (Å²) in [4.78, 5) is 125. The van der Waals surface area contributed by atoms with E-state index in [-0.39, 0.29) is 137 Å². The molecule has 0 fully saturated rings. The number of carbonyl (C=O) groups excluding carboxylic acids is 8. The number of thioether (sulfide) groups is 1. The Morgan fingerprint density at radius 3 is 1.00 bits per heavy atom. The van der Waals surface area contributed by atoms with Crippen molar-refractivity contribution in [3.8, 4) is 0 Å². The molecule has 0 aliphatic carbocycles. The predicted molar refractivity (Wildman–Crippen MR) is 460 cm³/mol. The highest BCUT2D eigenvalue weighted by atomic mass is 35.5. The van der Waals surface area contributed by atoms with Crippen molar-refractivity contribution in [2.24, 2.45) is 40.7 Å². The van der Waals surface area contributed by atoms with Crippen LogP contribution in [0.5, 0.6) is 0 Å². The van der Waals surface area contributed by atoms with E-state index in [1.54, 1.807) is 0 Å². The molecule has 3 amide bonds. The summed E-state index contributed by atoms with van der Waals surface area (Å²) in [6.07, 6.45) is 49.4. The largest absolute Gasteiger partial charge is 0.480 e. The van der Waals surface area contributed by atoms with Gasteiger partial charge < -0.3 is 58.6 Å². The first-order valence-corrected chi connectivity index (χ1v) is 44.3. The molecule has 0 heterocycles. The number of ketones is 3. The van der Waals surface area contributed by atoms with Gasteiger partial charge in [-0.3, -0.25) is 38.4 Å². The van der Waals surface area contributed by atoms with Crippen molar-refractivity contribution in [2.45, 2.75) is 411 Å². The van der Waals surface area contributed by atoms with Gasteiger partial charge in [0.2, 0.25) is 17.7 Å². The zero-order valence-corrected chi connectivity index (χ0v) is 72.8. The van der Waals surface area contributed by atoms with Gasteiger partial charge >= 0.3 is 17.9 Å². The third-order valence-electron chi connectivity index (χ3n) is 20.5. The van der Waals surface area contributed by atoms with Crippen LogP contribution in [0.3, 0.4) is 0 Å². The van der Waals surface area contributed by atoms with Crippen LogP contribution in [0, 0.1) is 17.8 Å². The molecule has 25 heteroatoms. The maximum atomic E-state index is 14.6. The molecule has 0 aromatic heterocycles. The van der Waals surface area contributed by atoms with Crippen molar-refractivity contribution in [1.82, 2.24) is 16.0 Å². The first-order valence-electron chi connectivity index (χ1n) is 43.1. The number of Topliss-reactive ketones (excluding diaryl/α,β-unsaturated/α-hetero) is 3. The van der Waals surface area contributed by atoms with Crippen molar-refractivity contribution in [3.05, 3.63) is 0 Å². The molecule has 7 atom stereocenters. The minimum Gasteiger partial charge on any atom is -0.480 e. The Hall–Kier alpha value is -2.86. The highest BCUT2D eigenvalue weighted by Crippen LogP contribution is 2.25. The van der Waals surface area contributed by atoms with Crippen LogP contribution in [0.4, 0.5) is 0 Å². The van der Waals surface area contributed by atoms with Crippen LogP contribution >= 0.6 is 61.4 Å². The monoisotopic (exact) mass is 1650 g/mol. The van der Waals surface area contributed by atoms with Crippen LogP contribution < -0.4 is 38.9 Å². The van der Waals surface area contributed by atoms with Crippen molar-refractivity contribution in [2.75, 3.05) is 50.9 Å². The first-order chi connectivity index (χ1) is 51.0. The van der Waals surface area contributed by atoms with Crippen molar-refractivity contribution < 1.29 is 62.8 Å². The lowest BCUT2D eigenvalue weighted by Crippen LogP contribution is -2.49. The van der Waals surface area contributed by atoms with Crippen molar-refractivity contribution in [1.29, 1.82) is 0 Å². The van der Waals surface area contributed by atoms with E-state index in [1.807, 2.05) is 0 Å². The van der Waals surface area contributed by atoms with Gasteiger partial charge in [-0.05, 0) is 110 Å². The summed E-state index contributed by atoms with van der Waals surface area (Å²) in [5.74, 6) is -7.68. The number of hydrogen-bond donors (Lipinski definition) is 9. The summed E-state index contributed by atoms with van der Waals surface area (Å²) in [7, 11) is 0. The lowest BCUT2D eigenvalue weighted by Gasteiger charge is -2.26. The molecule has 0 bridgehead atoms. The van der Waals surface area contributed by atoms with Gasteiger partial charge in [0.15, 0.2) is 11.6 Å². The second-order valence-corrected chi connectivity index (χ2v) is 31.4. The van der Waals surface area contributed by atoms with E-state index in [9.17, 15) is 53.4 Å². The SMILES string of the molecule is CCCCCCCCCCCCCCCC(=O)C[C@@H](CSC[C@H](COC(=O)CCCCCCCCCCCCCCC)OC(=O)CCCCCCCCCCCCCCC)C(=O)N[C@@H](CO)C(=O)C[C@@H](CCCCN)C(=O)N[C@@H](CCCCN)C(=O)C[C@@H](CCCCN)C(=O)N[C@@H](CCCCN)C(=O)O.Cl.Cl.Cl.Cl. The Bertz CT molecular complexity index is 2190. The predicted octanol–water partition coefficient (Wildman–Crippen LogP) is 18.1. The number of halogens is 4. The summed E-state index contributed by atoms with van der Waals surface area (Å²) in [5.41, 5.74) is 23.2. The Balaban J connectivity index is -0.00000901. The van der Waals surface area contributed by atoms with Gasteiger partial charge in [-0.15, -0.1) is 49.6 Å². The third kappa shape index (κ3) is 69.2. The molecule has 13 N–H and O–H groups in total. The Kier molecular flexibility index (Phi) is 89.0. The van der Waals surface area contributed by atoms with Crippen molar-refractivity contribution in [3.63, 3.8) is 0 Å². The van der Waals surface area contributed by atoms with Crippen LogP contribution in [-0.4, -0.2) is 138 Å². The molecule has 0 saturated carbocycles. The van der Waals surface area contributed by atoms with Crippen LogP contribution in [0.25, 0.3) is 0 Å². The topological polar surface area (TPSA) is 353 Å². The maximum absolute atomic E-state index is 14.6. The molecule has 0 saturated heterocycles. The highest BCUT2D eigenvalue weighted by molar-refractivity contribution is 7.99. The van der Waals surface area contributed by atoms with Crippen LogP contribution in [-0.2, 0) is 52.6 Å². The number of hydrogen-bond acceptors (Lipinski definition) is 17. The number of carbonyl (C=O) groups is 9. The number of nitrogens with one attached hydrogen (secondary N) is 3. The summed E-state index contributed by atoms with van der Waals surface area (Å²) < 4.78 is 11.8. The number of aliphatic hydroxyl groups is 1. The Morgan fingerprint density at radius 2 is 0.642 bits per heavy atom. The summed E-state index contributed by atoms with van der Waals surface area (Å²) in [6.45, 7) is 7.09. The molecule has 0 rings (SSSR count). The summed E-state index contributed by atoms with van der Waals surface area (Å²) in [5, 5.41) is 29.1. The number of aliphatic carboxylic acids is 1. The molecule has 109 heavy (non-hydrogen) atoms. The van der Waals surface area contributed by atoms with Gasteiger partial charge in [0.25, 0.3) is 0 Å². The van der Waals surface area contributed by atoms with Crippen LogP contribution in [0.15, 0.2) is 0 Å². The van der Waals surface area contributed by atoms with E-state index in [2.05, 4.69) is 36.7 Å². The van der Waals surface area contributed by atoms with E-state index >= 15 is 0 Å². The van der Waals surface area contributed by atoms with Gasteiger partial charge in [-0.1, -0.05) is 265 Å². The number of unbranched alkanes of at least 4 members (excludes halogenated alkanes) is 40. The fraction of sp³-hybridized carbons (Fsp3) is 0.893. The number of rotatable bonds is 81. The van der Waals surface area contributed by atoms with Gasteiger partial charge in [0, 0.05) is 61.9 Å². The van der Waals surface area contributed by atoms with Crippen molar-refractivity contribution >= 4 is 114 Å². The average Bonchev–Trinajstić information content (AvgIpc) is 0.862. The van der Waals surface area contributed by atoms with Gasteiger partial charge in [0.05, 0.1) is 18.6 Å². The normalized spacial score (nSPS) is 13.0. The number of carboxylic acids is 1. The molecule has 646 valence electrons. The number of amides is 3. The number of ether oxygens (including phenoxy) is 2. The highest BCUT2D eigenvalue weighted by Gasteiger charge is 2.34. The van der Waals surface area contributed by atoms with E-state index in [0.29, 0.717) is 96.8 Å². The molecule has 20 nitrogen and oxygen atoms in total. The number of carboxylic acid groups (broad SMARTS) is 1. The van der Waals surface area contributed by atoms with Crippen LogP contribution in [0.2, 0.25) is 0 Å². The molecular formula is C84H163Cl4N7O13S. The molecule has 0 aliphatic heterocycles. The molecule has 0 aromatic rings. The Labute approximate surface area is 691 Å². The maximum Gasteiger partial charge on any atom is 0.326 e. The molecule has 0 spiro atoms. The minimum absolute atomic E-state index is 0. The lowest BCUT2D eigenvalue weighted by atomic mass is 9.89. The molecule has 0 unspecified atom stereocenters. The van der Waals surface area contributed by atoms with Gasteiger partial charge in [-0.25, -0.2) is 4.79 Å². The lowest BCUT2D eigenvalue weighted by molar-refractivity contribution is -0.157. The molecule has 0 radical (unpaired) electrons. The number of aliphatic hydroxyl groups excluding tert-OH is 1. The second-order valence-electron chi connectivity index (χ2n) is 30.3. The Morgan fingerprint density at radius 1 is 0.339 bits per heavy atom. The summed E-state index contributed by atoms with van der Waals surface area (Å²) in [6, 6.07) is -3.73. The molecule has 0 aliphatic rings. The molecular weight excluding hydrogens is 1490 g/mol. The standard InChI is InChI=1S/C84H159N7O13S.4ClH/c1-4-7-10-13-16-19-22-25-28-31-34-37-40-53-72(93)62-71(67-105-68-73(104-80(97)57-42-39-36-33-30-27-24-21-18-15-12-9-6-3)66-103-79(96)56-41-38-35-32-29-26-23-20-17-14-11-8-5-2)83(100)91-76(65-92)78(95)64-70(52-44-48-59-86)81(98)89-74(54-45-49-60-87)77(94)63-69(51-43-47-58-85)82(99)90-75(84(101)102)55-46-50-61-88;;;;/h69-71,73-76,92H,4-68,85-88H2,1-3H3,(H,89,98)(H,90,99)(H,91,100)(H,101,102);4*1H/t69-,70-,71+,73+,74+,75+,76+;;;;/m1..../s1. The summed E-state index contributed by atoms with van der Waals surface area (Å²) >= 11 is 1.29. The zero-order chi connectivity index (χ0) is 77.4. The fourth-order valence-electron chi connectivity index (χ4n) is 13.6. The minimum atomic E-state index is -1.46. The quantitative estimate of drug-likeness (QED) is 0.0202. The fourth-order valence-corrected chi connectivity index (χ4v) is 14.7. The zero-order valence-electron chi connectivity index (χ0n) is 68.7. The average molecular weight is 1650 g/mol. The molecule has 0 aromatic carbocycles. The van der Waals surface area contributed by atoms with E-state index in [4.69, 9.17) is 32.4 Å². The number of nitrogens with two attached hydrogens (primary N) is 4. The van der Waals surface area contributed by atoms with Crippen LogP contribution in [0.1, 0.15) is 387 Å². The van der Waals surface area contributed by atoms with E-state index in [1.165, 1.54) is 179 Å². The van der Waals surface area contributed by atoms with Gasteiger partial charge in [0.1, 0.15) is 30.6 Å². The second kappa shape index (κ2) is 84.5. The first kappa shape index (κ1) is 115. The smallest absolute Gasteiger partial charge is 0.326 e. The van der Waals surface area contributed by atoms with E-state index in [0.717, 1.165) is 64.2 Å². The van der Waals surface area contributed by atoms with Gasteiger partial charge in [-0.2, -0.15) is 11.8 Å².